The maximum atomic E-state index is 12.2. The topological polar surface area (TPSA) is 92.7 Å². The van der Waals surface area contributed by atoms with Crippen LogP contribution in [0.4, 0.5) is 0 Å². The van der Waals surface area contributed by atoms with Crippen LogP contribution in [0.1, 0.15) is 30.1 Å². The van der Waals surface area contributed by atoms with Gasteiger partial charge < -0.3 is 9.84 Å². The van der Waals surface area contributed by atoms with E-state index in [1.807, 2.05) is 0 Å². The quantitative estimate of drug-likeness (QED) is 0.853. The van der Waals surface area contributed by atoms with Crippen molar-refractivity contribution in [1.82, 2.24) is 4.72 Å². The number of hydrogen-bond acceptors (Lipinski definition) is 4. The summed E-state index contributed by atoms with van der Waals surface area (Å²) in [5, 5.41) is 8.89. The third-order valence-electron chi connectivity index (χ3n) is 3.25. The molecule has 110 valence electrons. The Hall–Kier alpha value is -1.44. The minimum Gasteiger partial charge on any atom is -0.478 e. The molecule has 0 bridgehead atoms. The van der Waals surface area contributed by atoms with Crippen molar-refractivity contribution in [3.05, 3.63) is 29.8 Å². The fourth-order valence-corrected chi connectivity index (χ4v) is 3.50. The van der Waals surface area contributed by atoms with Gasteiger partial charge in [0.15, 0.2) is 0 Å². The maximum Gasteiger partial charge on any atom is 0.335 e. The van der Waals surface area contributed by atoms with Gasteiger partial charge in [-0.15, -0.1) is 0 Å². The number of aromatic carboxylic acids is 1. The summed E-state index contributed by atoms with van der Waals surface area (Å²) >= 11 is 0. The van der Waals surface area contributed by atoms with Crippen LogP contribution in [0, 0.1) is 0 Å². The fourth-order valence-electron chi connectivity index (χ4n) is 2.18. The van der Waals surface area contributed by atoms with Crippen molar-refractivity contribution in [2.75, 3.05) is 6.61 Å². The van der Waals surface area contributed by atoms with Crippen molar-refractivity contribution in [2.24, 2.45) is 0 Å². The summed E-state index contributed by atoms with van der Waals surface area (Å²) in [6.45, 7) is 2.39. The lowest BCUT2D eigenvalue weighted by Crippen LogP contribution is -2.40. The van der Waals surface area contributed by atoms with Gasteiger partial charge in [-0.25, -0.2) is 17.9 Å². The molecule has 0 aromatic heterocycles. The van der Waals surface area contributed by atoms with Crippen molar-refractivity contribution >= 4 is 16.0 Å². The molecule has 0 amide bonds. The highest BCUT2D eigenvalue weighted by molar-refractivity contribution is 7.89. The van der Waals surface area contributed by atoms with Crippen LogP contribution in [0.25, 0.3) is 0 Å². The molecule has 1 saturated heterocycles. The SMILES string of the molecule is CC(NS(=O)(=O)c1cccc(C(=O)O)c1)C1CCCO1. The molecule has 2 unspecified atom stereocenters. The molecule has 0 spiro atoms. The summed E-state index contributed by atoms with van der Waals surface area (Å²) in [6.07, 6.45) is 1.61. The second-order valence-corrected chi connectivity index (χ2v) is 6.51. The van der Waals surface area contributed by atoms with Gasteiger partial charge in [0.2, 0.25) is 10.0 Å². The van der Waals surface area contributed by atoms with Crippen LogP contribution in [0.3, 0.4) is 0 Å². The van der Waals surface area contributed by atoms with Gasteiger partial charge in [0.25, 0.3) is 0 Å². The molecule has 1 aromatic carbocycles. The van der Waals surface area contributed by atoms with Crippen molar-refractivity contribution in [3.8, 4) is 0 Å². The van der Waals surface area contributed by atoms with Gasteiger partial charge >= 0.3 is 5.97 Å². The van der Waals surface area contributed by atoms with Crippen molar-refractivity contribution in [1.29, 1.82) is 0 Å². The maximum absolute atomic E-state index is 12.2. The van der Waals surface area contributed by atoms with Gasteiger partial charge in [0, 0.05) is 12.6 Å². The van der Waals surface area contributed by atoms with E-state index in [0.29, 0.717) is 6.61 Å². The number of ether oxygens (including phenoxy) is 1. The van der Waals surface area contributed by atoms with Crippen molar-refractivity contribution in [3.63, 3.8) is 0 Å². The van der Waals surface area contributed by atoms with Crippen molar-refractivity contribution in [2.45, 2.75) is 36.8 Å². The molecule has 6 nitrogen and oxygen atoms in total. The Bertz CT molecular complexity index is 593. The Labute approximate surface area is 117 Å². The Balaban J connectivity index is 2.17. The fraction of sp³-hybridized carbons (Fsp3) is 0.462. The number of carboxylic acids is 1. The summed E-state index contributed by atoms with van der Waals surface area (Å²) < 4.78 is 32.4. The number of rotatable bonds is 5. The Morgan fingerprint density at radius 2 is 2.25 bits per heavy atom. The first-order valence-corrected chi connectivity index (χ1v) is 7.86. The van der Waals surface area contributed by atoms with E-state index in [-0.39, 0.29) is 22.6 Å². The minimum atomic E-state index is -3.75. The zero-order valence-electron chi connectivity index (χ0n) is 11.1. The number of nitrogens with one attached hydrogen (secondary N) is 1. The summed E-state index contributed by atoms with van der Waals surface area (Å²) in [5.41, 5.74) is -0.0577. The van der Waals surface area contributed by atoms with Crippen LogP contribution in [-0.2, 0) is 14.8 Å². The zero-order chi connectivity index (χ0) is 14.8. The number of carboxylic acid groups (broad SMARTS) is 1. The van der Waals surface area contributed by atoms with Gasteiger partial charge in [0.05, 0.1) is 16.6 Å². The lowest BCUT2D eigenvalue weighted by Gasteiger charge is -2.20. The van der Waals surface area contributed by atoms with E-state index in [2.05, 4.69) is 4.72 Å². The Morgan fingerprint density at radius 1 is 1.50 bits per heavy atom. The molecule has 1 heterocycles. The molecule has 2 rings (SSSR count). The summed E-state index contributed by atoms with van der Waals surface area (Å²) in [6, 6.07) is 4.93. The van der Waals surface area contributed by atoms with Gasteiger partial charge in [-0.2, -0.15) is 0 Å². The highest BCUT2D eigenvalue weighted by Crippen LogP contribution is 2.18. The lowest BCUT2D eigenvalue weighted by molar-refractivity contribution is 0.0696. The molecule has 0 aliphatic carbocycles. The van der Waals surface area contributed by atoms with E-state index in [4.69, 9.17) is 9.84 Å². The van der Waals surface area contributed by atoms with Gasteiger partial charge in [-0.1, -0.05) is 6.07 Å². The Morgan fingerprint density at radius 3 is 2.85 bits per heavy atom. The molecule has 1 aliphatic rings. The van der Waals surface area contributed by atoms with E-state index >= 15 is 0 Å². The molecule has 7 heteroatoms. The van der Waals surface area contributed by atoms with Gasteiger partial charge in [-0.05, 0) is 38.0 Å². The molecule has 20 heavy (non-hydrogen) atoms. The van der Waals surface area contributed by atoms with Crippen LogP contribution in [0.2, 0.25) is 0 Å². The molecular weight excluding hydrogens is 282 g/mol. The van der Waals surface area contributed by atoms with Crippen molar-refractivity contribution < 1.29 is 23.1 Å². The first-order chi connectivity index (χ1) is 9.40. The normalized spacial score (nSPS) is 20.8. The largest absolute Gasteiger partial charge is 0.478 e. The molecule has 2 N–H and O–H groups in total. The molecule has 1 aliphatic heterocycles. The van der Waals surface area contributed by atoms with E-state index in [1.54, 1.807) is 6.92 Å². The van der Waals surface area contributed by atoms with Crippen LogP contribution in [0.15, 0.2) is 29.2 Å². The number of carbonyl (C=O) groups is 1. The highest BCUT2D eigenvalue weighted by atomic mass is 32.2. The smallest absolute Gasteiger partial charge is 0.335 e. The van der Waals surface area contributed by atoms with Gasteiger partial charge in [-0.3, -0.25) is 0 Å². The first-order valence-electron chi connectivity index (χ1n) is 6.37. The predicted octanol–water partition coefficient (Wildman–Crippen LogP) is 1.23. The lowest BCUT2D eigenvalue weighted by atomic mass is 10.1. The molecule has 1 fully saturated rings. The molecule has 2 atom stereocenters. The third-order valence-corrected chi connectivity index (χ3v) is 4.81. The molecule has 0 saturated carbocycles. The van der Waals surface area contributed by atoms with E-state index in [0.717, 1.165) is 18.9 Å². The second kappa shape index (κ2) is 5.90. The average molecular weight is 299 g/mol. The number of benzene rings is 1. The molecular formula is C13H17NO5S. The Kier molecular flexibility index (Phi) is 4.42. The second-order valence-electron chi connectivity index (χ2n) is 4.79. The number of sulfonamides is 1. The van der Waals surface area contributed by atoms with E-state index in [1.165, 1.54) is 18.2 Å². The van der Waals surface area contributed by atoms with E-state index in [9.17, 15) is 13.2 Å². The highest BCUT2D eigenvalue weighted by Gasteiger charge is 2.27. The zero-order valence-corrected chi connectivity index (χ0v) is 11.9. The predicted molar refractivity (Wildman–Crippen MR) is 72.2 cm³/mol. The van der Waals surface area contributed by atoms with Crippen LogP contribution in [0.5, 0.6) is 0 Å². The summed E-state index contributed by atoms with van der Waals surface area (Å²) in [4.78, 5) is 10.8. The number of hydrogen-bond donors (Lipinski definition) is 2. The standard InChI is InChI=1S/C13H17NO5S/c1-9(12-6-3-7-19-12)14-20(17,18)11-5-2-4-10(8-11)13(15)16/h2,4-5,8-9,12,14H,3,6-7H2,1H3,(H,15,16). The average Bonchev–Trinajstić information content (AvgIpc) is 2.92. The first kappa shape index (κ1) is 15.0. The monoisotopic (exact) mass is 299 g/mol. The van der Waals surface area contributed by atoms with Crippen LogP contribution >= 0.6 is 0 Å². The van der Waals surface area contributed by atoms with Gasteiger partial charge in [0.1, 0.15) is 0 Å². The van der Waals surface area contributed by atoms with E-state index < -0.39 is 16.0 Å². The van der Waals surface area contributed by atoms with Crippen LogP contribution < -0.4 is 4.72 Å². The van der Waals surface area contributed by atoms with Crippen LogP contribution in [-0.4, -0.2) is 38.2 Å². The third kappa shape index (κ3) is 3.36. The summed E-state index contributed by atoms with van der Waals surface area (Å²) in [7, 11) is -3.75. The summed E-state index contributed by atoms with van der Waals surface area (Å²) in [5.74, 6) is -1.16. The minimum absolute atomic E-state index is 0.0535. The molecule has 1 aromatic rings. The molecule has 0 radical (unpaired) electrons.